The highest BCUT2D eigenvalue weighted by Crippen LogP contribution is 2.30. The van der Waals surface area contributed by atoms with Crippen LogP contribution >= 0.6 is 0 Å². The van der Waals surface area contributed by atoms with Crippen molar-refractivity contribution >= 4 is 11.9 Å². The number of nitrogens with one attached hydrogen (secondary N) is 2. The SMILES string of the molecule is CCCCC1CCCC1NC(=O)c1[nH]c(C)c(C(=O)OC)c1C. The fourth-order valence-corrected chi connectivity index (χ4v) is 3.66. The first-order valence-electron chi connectivity index (χ1n) is 8.57. The molecule has 1 amide bonds. The molecule has 0 radical (unpaired) electrons. The van der Waals surface area contributed by atoms with E-state index in [1.165, 1.54) is 39.2 Å². The van der Waals surface area contributed by atoms with Gasteiger partial charge in [0.25, 0.3) is 5.91 Å². The van der Waals surface area contributed by atoms with E-state index in [9.17, 15) is 9.59 Å². The lowest BCUT2D eigenvalue weighted by molar-refractivity contribution is 0.0599. The lowest BCUT2D eigenvalue weighted by Gasteiger charge is -2.20. The van der Waals surface area contributed by atoms with Gasteiger partial charge in [0.15, 0.2) is 0 Å². The van der Waals surface area contributed by atoms with Gasteiger partial charge in [0.2, 0.25) is 0 Å². The Morgan fingerprint density at radius 2 is 2.04 bits per heavy atom. The summed E-state index contributed by atoms with van der Waals surface area (Å²) in [6.07, 6.45) is 7.00. The molecule has 0 spiro atoms. The lowest BCUT2D eigenvalue weighted by atomic mass is 9.96. The number of methoxy groups -OCH3 is 1. The molecule has 2 atom stereocenters. The fraction of sp³-hybridized carbons (Fsp3) is 0.667. The van der Waals surface area contributed by atoms with Gasteiger partial charge in [-0.2, -0.15) is 0 Å². The quantitative estimate of drug-likeness (QED) is 0.788. The molecule has 2 N–H and O–H groups in total. The van der Waals surface area contributed by atoms with Gasteiger partial charge in [-0.25, -0.2) is 4.79 Å². The number of amides is 1. The molecule has 2 rings (SSSR count). The minimum atomic E-state index is -0.406. The number of aryl methyl sites for hydroxylation is 1. The molecule has 23 heavy (non-hydrogen) atoms. The highest BCUT2D eigenvalue weighted by atomic mass is 16.5. The van der Waals surface area contributed by atoms with Crippen molar-refractivity contribution in [3.05, 3.63) is 22.5 Å². The Morgan fingerprint density at radius 3 is 2.70 bits per heavy atom. The van der Waals surface area contributed by atoms with E-state index in [1.54, 1.807) is 13.8 Å². The molecule has 128 valence electrons. The summed E-state index contributed by atoms with van der Waals surface area (Å²) >= 11 is 0. The smallest absolute Gasteiger partial charge is 0.339 e. The zero-order valence-electron chi connectivity index (χ0n) is 14.6. The predicted octanol–water partition coefficient (Wildman–Crippen LogP) is 3.51. The molecule has 1 aromatic heterocycles. The van der Waals surface area contributed by atoms with Crippen molar-refractivity contribution in [2.75, 3.05) is 7.11 Å². The first-order chi connectivity index (χ1) is 11.0. The summed E-state index contributed by atoms with van der Waals surface area (Å²) in [7, 11) is 1.35. The van der Waals surface area contributed by atoms with Crippen LogP contribution in [0.15, 0.2) is 0 Å². The van der Waals surface area contributed by atoms with Crippen LogP contribution in [0.2, 0.25) is 0 Å². The number of aromatic nitrogens is 1. The Balaban J connectivity index is 2.10. The van der Waals surface area contributed by atoms with Gasteiger partial charge in [0.1, 0.15) is 5.69 Å². The van der Waals surface area contributed by atoms with Crippen LogP contribution in [-0.2, 0) is 4.74 Å². The molecule has 0 aliphatic heterocycles. The molecule has 0 saturated heterocycles. The summed E-state index contributed by atoms with van der Waals surface area (Å²) in [4.78, 5) is 27.5. The third kappa shape index (κ3) is 3.77. The van der Waals surface area contributed by atoms with E-state index in [0.717, 1.165) is 6.42 Å². The normalized spacial score (nSPS) is 20.5. The number of H-pyrrole nitrogens is 1. The molecule has 0 aromatic carbocycles. The molecular formula is C18H28N2O3. The molecule has 1 saturated carbocycles. The second-order valence-corrected chi connectivity index (χ2v) is 6.53. The average Bonchev–Trinajstić information content (AvgIpc) is 3.08. The summed E-state index contributed by atoms with van der Waals surface area (Å²) in [6.45, 7) is 5.77. The highest BCUT2D eigenvalue weighted by Gasteiger charge is 2.30. The minimum absolute atomic E-state index is 0.117. The average molecular weight is 320 g/mol. The van der Waals surface area contributed by atoms with E-state index in [-0.39, 0.29) is 11.9 Å². The van der Waals surface area contributed by atoms with Crippen LogP contribution in [0.5, 0.6) is 0 Å². The van der Waals surface area contributed by atoms with Gasteiger partial charge in [-0.15, -0.1) is 0 Å². The minimum Gasteiger partial charge on any atom is -0.465 e. The van der Waals surface area contributed by atoms with Gasteiger partial charge in [0.05, 0.1) is 12.7 Å². The number of hydrogen-bond donors (Lipinski definition) is 2. The standard InChI is InChI=1S/C18H28N2O3/c1-5-6-8-13-9-7-10-14(13)20-17(21)16-11(2)15(12(3)19-16)18(22)23-4/h13-14,19H,5-10H2,1-4H3,(H,20,21). The second-order valence-electron chi connectivity index (χ2n) is 6.53. The van der Waals surface area contributed by atoms with Crippen LogP contribution in [0.25, 0.3) is 0 Å². The van der Waals surface area contributed by atoms with Gasteiger partial charge >= 0.3 is 5.97 Å². The van der Waals surface area contributed by atoms with Crippen LogP contribution in [-0.4, -0.2) is 30.0 Å². The Kier molecular flexibility index (Phi) is 5.85. The maximum atomic E-state index is 12.6. The largest absolute Gasteiger partial charge is 0.465 e. The molecule has 5 nitrogen and oxygen atoms in total. The predicted molar refractivity (Wildman–Crippen MR) is 89.7 cm³/mol. The maximum absolute atomic E-state index is 12.6. The first-order valence-corrected chi connectivity index (χ1v) is 8.57. The molecule has 1 aliphatic rings. The third-order valence-corrected chi connectivity index (χ3v) is 4.96. The zero-order chi connectivity index (χ0) is 17.0. The van der Waals surface area contributed by atoms with Gasteiger partial charge < -0.3 is 15.0 Å². The number of carbonyl (C=O) groups is 2. The van der Waals surface area contributed by atoms with Crippen molar-refractivity contribution in [2.45, 2.75) is 65.3 Å². The van der Waals surface area contributed by atoms with E-state index >= 15 is 0 Å². The molecular weight excluding hydrogens is 292 g/mol. The number of rotatable bonds is 6. The van der Waals surface area contributed by atoms with E-state index in [0.29, 0.717) is 28.4 Å². The van der Waals surface area contributed by atoms with E-state index in [1.807, 2.05) is 0 Å². The second kappa shape index (κ2) is 7.66. The van der Waals surface area contributed by atoms with Crippen molar-refractivity contribution < 1.29 is 14.3 Å². The Bertz CT molecular complexity index is 577. The molecule has 1 heterocycles. The Labute approximate surface area is 138 Å². The van der Waals surface area contributed by atoms with Crippen LogP contribution in [0.4, 0.5) is 0 Å². The van der Waals surface area contributed by atoms with Crippen LogP contribution in [0.1, 0.15) is 77.6 Å². The number of carbonyl (C=O) groups excluding carboxylic acids is 2. The van der Waals surface area contributed by atoms with E-state index in [2.05, 4.69) is 17.2 Å². The summed E-state index contributed by atoms with van der Waals surface area (Å²) in [5.41, 5.74) is 2.28. The summed E-state index contributed by atoms with van der Waals surface area (Å²) < 4.78 is 4.80. The Morgan fingerprint density at radius 1 is 1.30 bits per heavy atom. The lowest BCUT2D eigenvalue weighted by Crippen LogP contribution is -2.37. The van der Waals surface area contributed by atoms with Gasteiger partial charge in [-0.3, -0.25) is 4.79 Å². The van der Waals surface area contributed by atoms with Crippen LogP contribution < -0.4 is 5.32 Å². The summed E-state index contributed by atoms with van der Waals surface area (Å²) in [5, 5.41) is 3.17. The summed E-state index contributed by atoms with van der Waals surface area (Å²) in [6, 6.07) is 0.249. The van der Waals surface area contributed by atoms with Crippen LogP contribution in [0, 0.1) is 19.8 Å². The molecule has 1 fully saturated rings. The fourth-order valence-electron chi connectivity index (χ4n) is 3.66. The molecule has 2 unspecified atom stereocenters. The van der Waals surface area contributed by atoms with Gasteiger partial charge in [0, 0.05) is 11.7 Å². The van der Waals surface area contributed by atoms with Crippen molar-refractivity contribution in [1.29, 1.82) is 0 Å². The van der Waals surface area contributed by atoms with Crippen molar-refractivity contribution in [3.8, 4) is 0 Å². The first kappa shape index (κ1) is 17.6. The van der Waals surface area contributed by atoms with Crippen molar-refractivity contribution in [2.24, 2.45) is 5.92 Å². The number of hydrogen-bond acceptors (Lipinski definition) is 3. The summed E-state index contributed by atoms with van der Waals surface area (Å²) in [5.74, 6) is 0.0569. The molecule has 1 aliphatic carbocycles. The topological polar surface area (TPSA) is 71.2 Å². The van der Waals surface area contributed by atoms with E-state index in [4.69, 9.17) is 4.74 Å². The van der Waals surface area contributed by atoms with E-state index < -0.39 is 5.97 Å². The zero-order valence-corrected chi connectivity index (χ0v) is 14.6. The maximum Gasteiger partial charge on any atom is 0.339 e. The van der Waals surface area contributed by atoms with Gasteiger partial charge in [-0.1, -0.05) is 26.2 Å². The van der Waals surface area contributed by atoms with Gasteiger partial charge in [-0.05, 0) is 44.6 Å². The highest BCUT2D eigenvalue weighted by molar-refractivity contribution is 6.00. The Hall–Kier alpha value is -1.78. The number of ether oxygens (including phenoxy) is 1. The number of esters is 1. The third-order valence-electron chi connectivity index (χ3n) is 4.96. The number of unbranched alkanes of at least 4 members (excludes halogenated alkanes) is 1. The molecule has 1 aromatic rings. The number of aromatic amines is 1. The van der Waals surface area contributed by atoms with Crippen molar-refractivity contribution in [1.82, 2.24) is 10.3 Å². The molecule has 5 heteroatoms. The monoisotopic (exact) mass is 320 g/mol. The molecule has 0 bridgehead atoms. The van der Waals surface area contributed by atoms with Crippen LogP contribution in [0.3, 0.4) is 0 Å². The van der Waals surface area contributed by atoms with Crippen molar-refractivity contribution in [3.63, 3.8) is 0 Å².